The Morgan fingerprint density at radius 2 is 2.14 bits per heavy atom. The number of rotatable bonds is 1. The average Bonchev–Trinajstić information content (AvgIpc) is 2.77. The number of aryl methyl sites for hydroxylation is 2. The molecule has 0 saturated carbocycles. The Balaban J connectivity index is 1.95. The van der Waals surface area contributed by atoms with Crippen LogP contribution < -0.4 is 0 Å². The first-order valence-corrected chi connectivity index (χ1v) is 7.59. The summed E-state index contributed by atoms with van der Waals surface area (Å²) in [5.41, 5.74) is 2.53. The van der Waals surface area contributed by atoms with Gasteiger partial charge in [-0.2, -0.15) is 0 Å². The highest BCUT2D eigenvalue weighted by Gasteiger charge is 2.38. The van der Waals surface area contributed by atoms with Gasteiger partial charge in [0.2, 0.25) is 0 Å². The molecule has 2 heterocycles. The van der Waals surface area contributed by atoms with Crippen molar-refractivity contribution in [3.63, 3.8) is 0 Å². The minimum Gasteiger partial charge on any atom is -0.388 e. The molecule has 1 aliphatic rings. The SMILES string of the molecule is Cc1[nH]c2c(C(=O)N3CC[C@@](C)(O)[C@@H](O)C3)cccc2c1C. The second-order valence-corrected chi connectivity index (χ2v) is 6.48. The van der Waals surface area contributed by atoms with Crippen molar-refractivity contribution in [3.05, 3.63) is 35.0 Å². The highest BCUT2D eigenvalue weighted by molar-refractivity contribution is 6.06. The summed E-state index contributed by atoms with van der Waals surface area (Å²) in [5.74, 6) is -0.110. The van der Waals surface area contributed by atoms with E-state index in [0.717, 1.165) is 22.2 Å². The van der Waals surface area contributed by atoms with Gasteiger partial charge in [-0.3, -0.25) is 4.79 Å². The summed E-state index contributed by atoms with van der Waals surface area (Å²) in [6.07, 6.45) is -0.546. The van der Waals surface area contributed by atoms with E-state index in [2.05, 4.69) is 4.98 Å². The number of carbonyl (C=O) groups excluding carboxylic acids is 1. The van der Waals surface area contributed by atoms with E-state index in [1.165, 1.54) is 0 Å². The van der Waals surface area contributed by atoms with Crippen LogP contribution in [0.1, 0.15) is 35.0 Å². The van der Waals surface area contributed by atoms with Crippen molar-refractivity contribution in [2.75, 3.05) is 13.1 Å². The predicted octanol–water partition coefficient (Wildman–Crippen LogP) is 1.74. The maximum absolute atomic E-state index is 12.8. The fourth-order valence-electron chi connectivity index (χ4n) is 3.04. The normalized spacial score (nSPS) is 25.7. The number of aromatic nitrogens is 1. The van der Waals surface area contributed by atoms with Crippen LogP contribution in [-0.2, 0) is 0 Å². The summed E-state index contributed by atoms with van der Waals surface area (Å²) in [7, 11) is 0. The van der Waals surface area contributed by atoms with Crippen LogP contribution in [0.3, 0.4) is 0 Å². The molecule has 3 rings (SSSR count). The van der Waals surface area contributed by atoms with Gasteiger partial charge >= 0.3 is 0 Å². The van der Waals surface area contributed by atoms with E-state index in [1.807, 2.05) is 26.0 Å². The van der Waals surface area contributed by atoms with Gasteiger partial charge in [0.05, 0.1) is 22.8 Å². The van der Waals surface area contributed by atoms with Crippen LogP contribution in [0.4, 0.5) is 0 Å². The van der Waals surface area contributed by atoms with E-state index >= 15 is 0 Å². The Bertz CT molecular complexity index is 733. The van der Waals surface area contributed by atoms with Crippen molar-refractivity contribution >= 4 is 16.8 Å². The standard InChI is InChI=1S/C17H22N2O3/c1-10-11(2)18-15-12(10)5-4-6-13(15)16(21)19-8-7-17(3,22)14(20)9-19/h4-6,14,18,20,22H,7-9H2,1-3H3/t14-,17+/m0/s1. The van der Waals surface area contributed by atoms with Crippen LogP contribution in [0, 0.1) is 13.8 Å². The Morgan fingerprint density at radius 1 is 1.41 bits per heavy atom. The van der Waals surface area contributed by atoms with Crippen LogP contribution in [0.25, 0.3) is 10.9 Å². The number of fused-ring (bicyclic) bond motifs is 1. The fraction of sp³-hybridized carbons (Fsp3) is 0.471. The third kappa shape index (κ3) is 2.30. The largest absolute Gasteiger partial charge is 0.388 e. The number of hydrogen-bond donors (Lipinski definition) is 3. The molecule has 5 nitrogen and oxygen atoms in total. The van der Waals surface area contributed by atoms with Crippen LogP contribution >= 0.6 is 0 Å². The number of nitrogens with zero attached hydrogens (tertiary/aromatic N) is 1. The monoisotopic (exact) mass is 302 g/mol. The number of aliphatic hydroxyl groups excluding tert-OH is 1. The molecular weight excluding hydrogens is 280 g/mol. The molecule has 5 heteroatoms. The van der Waals surface area contributed by atoms with Crippen molar-refractivity contribution in [1.29, 1.82) is 0 Å². The summed E-state index contributed by atoms with van der Waals surface area (Å²) < 4.78 is 0. The Kier molecular flexibility index (Phi) is 3.50. The number of hydrogen-bond acceptors (Lipinski definition) is 3. The second kappa shape index (κ2) is 5.11. The number of carbonyl (C=O) groups is 1. The number of benzene rings is 1. The van der Waals surface area contributed by atoms with E-state index < -0.39 is 11.7 Å². The van der Waals surface area contributed by atoms with Crippen LogP contribution in [0.15, 0.2) is 18.2 Å². The maximum atomic E-state index is 12.8. The number of H-pyrrole nitrogens is 1. The molecule has 1 aromatic heterocycles. The van der Waals surface area contributed by atoms with E-state index in [0.29, 0.717) is 18.5 Å². The molecule has 2 aromatic rings. The Labute approximate surface area is 129 Å². The van der Waals surface area contributed by atoms with Gasteiger partial charge in [-0.15, -0.1) is 0 Å². The summed E-state index contributed by atoms with van der Waals surface area (Å²) in [5, 5.41) is 21.1. The number of piperidine rings is 1. The molecule has 2 atom stereocenters. The third-order valence-electron chi connectivity index (χ3n) is 4.86. The quantitative estimate of drug-likeness (QED) is 0.751. The molecule has 0 aliphatic carbocycles. The van der Waals surface area contributed by atoms with E-state index in [4.69, 9.17) is 0 Å². The van der Waals surface area contributed by atoms with Gasteiger partial charge in [-0.05, 0) is 38.8 Å². The minimum absolute atomic E-state index is 0.110. The smallest absolute Gasteiger partial charge is 0.256 e. The molecule has 1 amide bonds. The molecule has 0 radical (unpaired) electrons. The van der Waals surface area contributed by atoms with Gasteiger partial charge < -0.3 is 20.1 Å². The topological polar surface area (TPSA) is 76.6 Å². The molecule has 0 bridgehead atoms. The molecule has 1 fully saturated rings. The fourth-order valence-corrected chi connectivity index (χ4v) is 3.04. The molecule has 0 spiro atoms. The molecule has 118 valence electrons. The first-order valence-electron chi connectivity index (χ1n) is 7.59. The van der Waals surface area contributed by atoms with Crippen LogP contribution in [0.5, 0.6) is 0 Å². The molecule has 1 aliphatic heterocycles. The van der Waals surface area contributed by atoms with Gasteiger partial charge in [0, 0.05) is 24.2 Å². The van der Waals surface area contributed by atoms with Crippen LogP contribution in [-0.4, -0.2) is 50.8 Å². The lowest BCUT2D eigenvalue weighted by Gasteiger charge is -2.39. The first kappa shape index (κ1) is 15.1. The molecule has 1 aromatic carbocycles. The average molecular weight is 302 g/mol. The van der Waals surface area contributed by atoms with Crippen molar-refractivity contribution in [3.8, 4) is 0 Å². The second-order valence-electron chi connectivity index (χ2n) is 6.48. The van der Waals surface area contributed by atoms with Gasteiger partial charge in [-0.1, -0.05) is 12.1 Å². The van der Waals surface area contributed by atoms with Gasteiger partial charge in [0.15, 0.2) is 0 Å². The van der Waals surface area contributed by atoms with E-state index in [-0.39, 0.29) is 12.5 Å². The molecule has 22 heavy (non-hydrogen) atoms. The number of para-hydroxylation sites is 1. The van der Waals surface area contributed by atoms with Gasteiger partial charge in [0.25, 0.3) is 5.91 Å². The third-order valence-corrected chi connectivity index (χ3v) is 4.86. The van der Waals surface area contributed by atoms with Gasteiger partial charge in [-0.25, -0.2) is 0 Å². The molecule has 0 unspecified atom stereocenters. The van der Waals surface area contributed by atoms with Crippen molar-refractivity contribution < 1.29 is 15.0 Å². The lowest BCUT2D eigenvalue weighted by molar-refractivity contribution is -0.0999. The van der Waals surface area contributed by atoms with E-state index in [1.54, 1.807) is 17.9 Å². The Morgan fingerprint density at radius 3 is 2.82 bits per heavy atom. The number of amides is 1. The molecular formula is C17H22N2O3. The van der Waals surface area contributed by atoms with Gasteiger partial charge in [0.1, 0.15) is 0 Å². The van der Waals surface area contributed by atoms with Crippen molar-refractivity contribution in [1.82, 2.24) is 9.88 Å². The lowest BCUT2D eigenvalue weighted by atomic mass is 9.90. The maximum Gasteiger partial charge on any atom is 0.256 e. The zero-order valence-electron chi connectivity index (χ0n) is 13.2. The van der Waals surface area contributed by atoms with Crippen molar-refractivity contribution in [2.24, 2.45) is 0 Å². The Hall–Kier alpha value is -1.85. The number of aromatic amines is 1. The van der Waals surface area contributed by atoms with E-state index in [9.17, 15) is 15.0 Å². The summed E-state index contributed by atoms with van der Waals surface area (Å²) >= 11 is 0. The first-order chi connectivity index (χ1) is 10.3. The molecule has 1 saturated heterocycles. The highest BCUT2D eigenvalue weighted by atomic mass is 16.3. The minimum atomic E-state index is -1.12. The zero-order chi connectivity index (χ0) is 16.1. The molecule has 3 N–H and O–H groups in total. The summed E-state index contributed by atoms with van der Waals surface area (Å²) in [6.45, 7) is 6.23. The highest BCUT2D eigenvalue weighted by Crippen LogP contribution is 2.27. The predicted molar refractivity (Wildman–Crippen MR) is 84.9 cm³/mol. The van der Waals surface area contributed by atoms with Crippen LogP contribution in [0.2, 0.25) is 0 Å². The summed E-state index contributed by atoms with van der Waals surface area (Å²) in [4.78, 5) is 17.7. The number of likely N-dealkylation sites (tertiary alicyclic amines) is 1. The number of nitrogens with one attached hydrogen (secondary N) is 1. The number of β-amino-alcohol motifs (C(OH)–C–C–N with tert-alkyl or cyclic N) is 1. The zero-order valence-corrected chi connectivity index (χ0v) is 13.2. The lowest BCUT2D eigenvalue weighted by Crippen LogP contribution is -2.55. The summed E-state index contributed by atoms with van der Waals surface area (Å²) in [6, 6.07) is 5.69. The van der Waals surface area contributed by atoms with Crippen molar-refractivity contribution in [2.45, 2.75) is 38.9 Å². The number of aliphatic hydroxyl groups is 2.